The SMILES string of the molecule is O=C(CSc1nnc(CN2CCCC2)n1Cc1ccccc1)N1CCCC1. The molecule has 3 heterocycles. The summed E-state index contributed by atoms with van der Waals surface area (Å²) in [4.78, 5) is 16.8. The second-order valence-corrected chi connectivity index (χ2v) is 8.27. The van der Waals surface area contributed by atoms with E-state index in [0.717, 1.165) is 63.1 Å². The van der Waals surface area contributed by atoms with Crippen molar-refractivity contribution in [3.63, 3.8) is 0 Å². The van der Waals surface area contributed by atoms with E-state index in [4.69, 9.17) is 0 Å². The zero-order valence-electron chi connectivity index (χ0n) is 15.7. The lowest BCUT2D eigenvalue weighted by Crippen LogP contribution is -2.29. The van der Waals surface area contributed by atoms with Gasteiger partial charge >= 0.3 is 0 Å². The normalized spacial score (nSPS) is 17.7. The number of likely N-dealkylation sites (tertiary alicyclic amines) is 2. The summed E-state index contributed by atoms with van der Waals surface area (Å²) in [6, 6.07) is 10.4. The van der Waals surface area contributed by atoms with Gasteiger partial charge in [-0.3, -0.25) is 9.69 Å². The number of amides is 1. The Labute approximate surface area is 164 Å². The second-order valence-electron chi connectivity index (χ2n) is 7.33. The van der Waals surface area contributed by atoms with Crippen LogP contribution in [0.25, 0.3) is 0 Å². The molecule has 0 atom stereocenters. The Balaban J connectivity index is 1.48. The highest BCUT2D eigenvalue weighted by molar-refractivity contribution is 7.99. The van der Waals surface area contributed by atoms with E-state index in [0.29, 0.717) is 5.75 Å². The number of rotatable bonds is 7. The summed E-state index contributed by atoms with van der Waals surface area (Å²) in [5.41, 5.74) is 1.23. The van der Waals surface area contributed by atoms with Gasteiger partial charge < -0.3 is 9.47 Å². The second kappa shape index (κ2) is 8.89. The van der Waals surface area contributed by atoms with Crippen LogP contribution < -0.4 is 0 Å². The number of nitrogens with zero attached hydrogens (tertiary/aromatic N) is 5. The van der Waals surface area contributed by atoms with Crippen molar-refractivity contribution < 1.29 is 4.79 Å². The van der Waals surface area contributed by atoms with Crippen LogP contribution in [0.3, 0.4) is 0 Å². The first-order valence-corrected chi connectivity index (χ1v) is 10.9. The molecule has 2 aliphatic heterocycles. The maximum atomic E-state index is 12.4. The van der Waals surface area contributed by atoms with Crippen LogP contribution in [0.1, 0.15) is 37.1 Å². The molecular weight excluding hydrogens is 358 g/mol. The molecule has 0 bridgehead atoms. The number of carbonyl (C=O) groups is 1. The molecule has 2 aromatic rings. The summed E-state index contributed by atoms with van der Waals surface area (Å²) in [6.07, 6.45) is 4.78. The summed E-state index contributed by atoms with van der Waals surface area (Å²) in [6.45, 7) is 5.65. The summed E-state index contributed by atoms with van der Waals surface area (Å²) < 4.78 is 2.19. The van der Waals surface area contributed by atoms with Crippen molar-refractivity contribution in [3.05, 3.63) is 41.7 Å². The summed E-state index contributed by atoms with van der Waals surface area (Å²) in [7, 11) is 0. The van der Waals surface area contributed by atoms with E-state index in [2.05, 4.69) is 43.9 Å². The molecule has 4 rings (SSSR count). The predicted octanol–water partition coefficient (Wildman–Crippen LogP) is 2.64. The number of aromatic nitrogens is 3. The minimum absolute atomic E-state index is 0.216. The molecule has 1 amide bonds. The van der Waals surface area contributed by atoms with E-state index in [1.807, 2.05) is 11.0 Å². The van der Waals surface area contributed by atoms with Crippen molar-refractivity contribution in [3.8, 4) is 0 Å². The monoisotopic (exact) mass is 385 g/mol. The molecule has 27 heavy (non-hydrogen) atoms. The van der Waals surface area contributed by atoms with Gasteiger partial charge in [-0.05, 0) is 44.3 Å². The van der Waals surface area contributed by atoms with E-state index in [-0.39, 0.29) is 5.91 Å². The lowest BCUT2D eigenvalue weighted by Gasteiger charge is -2.17. The number of carbonyl (C=O) groups excluding carboxylic acids is 1. The molecule has 2 fully saturated rings. The molecule has 0 aliphatic carbocycles. The van der Waals surface area contributed by atoms with Gasteiger partial charge in [-0.1, -0.05) is 42.1 Å². The smallest absolute Gasteiger partial charge is 0.233 e. The van der Waals surface area contributed by atoms with Crippen LogP contribution in [0.5, 0.6) is 0 Å². The zero-order valence-corrected chi connectivity index (χ0v) is 16.5. The van der Waals surface area contributed by atoms with Gasteiger partial charge in [0.1, 0.15) is 5.82 Å². The quantitative estimate of drug-likeness (QED) is 0.686. The minimum Gasteiger partial charge on any atom is -0.342 e. The third-order valence-corrected chi connectivity index (χ3v) is 6.28. The van der Waals surface area contributed by atoms with Gasteiger partial charge in [-0.2, -0.15) is 0 Å². The molecule has 7 heteroatoms. The molecule has 1 aromatic heterocycles. The van der Waals surface area contributed by atoms with Crippen LogP contribution in [-0.4, -0.2) is 62.4 Å². The Kier molecular flexibility index (Phi) is 6.09. The lowest BCUT2D eigenvalue weighted by molar-refractivity contribution is -0.127. The fraction of sp³-hybridized carbons (Fsp3) is 0.550. The van der Waals surface area contributed by atoms with Gasteiger partial charge in [0, 0.05) is 13.1 Å². The highest BCUT2D eigenvalue weighted by atomic mass is 32.2. The topological polar surface area (TPSA) is 54.3 Å². The van der Waals surface area contributed by atoms with E-state index >= 15 is 0 Å². The standard InChI is InChI=1S/C20H27N5OS/c26-19(24-12-6-7-13-24)16-27-20-22-21-18(15-23-10-4-5-11-23)25(20)14-17-8-2-1-3-9-17/h1-3,8-9H,4-7,10-16H2. The Morgan fingerprint density at radius 3 is 2.37 bits per heavy atom. The molecule has 0 radical (unpaired) electrons. The summed E-state index contributed by atoms with van der Waals surface area (Å²) in [5, 5.41) is 9.76. The summed E-state index contributed by atoms with van der Waals surface area (Å²) >= 11 is 1.52. The van der Waals surface area contributed by atoms with E-state index in [1.54, 1.807) is 0 Å². The van der Waals surface area contributed by atoms with Crippen molar-refractivity contribution in [2.45, 2.75) is 43.9 Å². The molecule has 144 valence electrons. The van der Waals surface area contributed by atoms with Crippen LogP contribution in [0.2, 0.25) is 0 Å². The fourth-order valence-corrected chi connectivity index (χ4v) is 4.65. The Bertz CT molecular complexity index is 751. The van der Waals surface area contributed by atoms with Gasteiger partial charge in [0.05, 0.1) is 18.8 Å². The zero-order chi connectivity index (χ0) is 18.5. The number of hydrogen-bond acceptors (Lipinski definition) is 5. The van der Waals surface area contributed by atoms with Crippen LogP contribution in [0.15, 0.2) is 35.5 Å². The Morgan fingerprint density at radius 2 is 1.63 bits per heavy atom. The molecular formula is C20H27N5OS. The molecule has 0 spiro atoms. The van der Waals surface area contributed by atoms with Crippen molar-refractivity contribution in [2.75, 3.05) is 31.9 Å². The lowest BCUT2D eigenvalue weighted by atomic mass is 10.2. The molecule has 2 saturated heterocycles. The third kappa shape index (κ3) is 4.71. The van der Waals surface area contributed by atoms with E-state index in [9.17, 15) is 4.79 Å². The van der Waals surface area contributed by atoms with Crippen LogP contribution in [0, 0.1) is 0 Å². The Morgan fingerprint density at radius 1 is 0.926 bits per heavy atom. The average Bonchev–Trinajstić information content (AvgIpc) is 3.45. The summed E-state index contributed by atoms with van der Waals surface area (Å²) in [5.74, 6) is 1.65. The van der Waals surface area contributed by atoms with Gasteiger partial charge in [-0.25, -0.2) is 0 Å². The van der Waals surface area contributed by atoms with Crippen LogP contribution in [0.4, 0.5) is 0 Å². The molecule has 0 saturated carbocycles. The van der Waals surface area contributed by atoms with E-state index < -0.39 is 0 Å². The molecule has 0 unspecified atom stereocenters. The first-order valence-electron chi connectivity index (χ1n) is 9.88. The van der Waals surface area contributed by atoms with Gasteiger partial charge in [0.25, 0.3) is 0 Å². The Hall–Kier alpha value is -1.86. The highest BCUT2D eigenvalue weighted by Gasteiger charge is 2.21. The minimum atomic E-state index is 0.216. The van der Waals surface area contributed by atoms with Crippen molar-refractivity contribution in [2.24, 2.45) is 0 Å². The van der Waals surface area contributed by atoms with Crippen molar-refractivity contribution >= 4 is 17.7 Å². The maximum Gasteiger partial charge on any atom is 0.233 e. The molecule has 2 aliphatic rings. The first-order chi connectivity index (χ1) is 13.3. The number of hydrogen-bond donors (Lipinski definition) is 0. The van der Waals surface area contributed by atoms with Gasteiger partial charge in [0.2, 0.25) is 5.91 Å². The maximum absolute atomic E-state index is 12.4. The average molecular weight is 386 g/mol. The van der Waals surface area contributed by atoms with Gasteiger partial charge in [-0.15, -0.1) is 10.2 Å². The predicted molar refractivity (Wildman–Crippen MR) is 107 cm³/mol. The highest BCUT2D eigenvalue weighted by Crippen LogP contribution is 2.22. The third-order valence-electron chi connectivity index (χ3n) is 5.32. The molecule has 6 nitrogen and oxygen atoms in total. The fourth-order valence-electron chi connectivity index (χ4n) is 3.79. The molecule has 0 N–H and O–H groups in total. The van der Waals surface area contributed by atoms with Gasteiger partial charge in [0.15, 0.2) is 5.16 Å². The molecule has 1 aromatic carbocycles. The van der Waals surface area contributed by atoms with E-state index in [1.165, 1.54) is 30.2 Å². The first kappa shape index (κ1) is 18.5. The number of benzene rings is 1. The van der Waals surface area contributed by atoms with Crippen LogP contribution in [-0.2, 0) is 17.9 Å². The van der Waals surface area contributed by atoms with Crippen molar-refractivity contribution in [1.82, 2.24) is 24.6 Å². The number of thioether (sulfide) groups is 1. The van der Waals surface area contributed by atoms with Crippen molar-refractivity contribution in [1.29, 1.82) is 0 Å². The largest absolute Gasteiger partial charge is 0.342 e. The van der Waals surface area contributed by atoms with Crippen LogP contribution >= 0.6 is 11.8 Å².